The summed E-state index contributed by atoms with van der Waals surface area (Å²) in [5.74, 6) is -0.264. The van der Waals surface area contributed by atoms with Crippen LogP contribution in [0.5, 0.6) is 0 Å². The van der Waals surface area contributed by atoms with Gasteiger partial charge in [-0.3, -0.25) is 9.59 Å². The lowest BCUT2D eigenvalue weighted by Gasteiger charge is -2.16. The number of anilines is 1. The van der Waals surface area contributed by atoms with E-state index in [1.54, 1.807) is 4.90 Å². The molecule has 1 aromatic carbocycles. The highest BCUT2D eigenvalue weighted by atomic mass is 79.9. The van der Waals surface area contributed by atoms with Crippen molar-refractivity contribution in [2.45, 2.75) is 13.0 Å². The number of carbonyl (C=O) groups excluding carboxylic acids is 2. The highest BCUT2D eigenvalue weighted by Crippen LogP contribution is 2.35. The van der Waals surface area contributed by atoms with Crippen LogP contribution in [-0.4, -0.2) is 23.7 Å². The Bertz CT molecular complexity index is 462. The summed E-state index contributed by atoms with van der Waals surface area (Å²) in [6.07, 6.45) is 0. The lowest BCUT2D eigenvalue weighted by Crippen LogP contribution is -2.37. The summed E-state index contributed by atoms with van der Waals surface area (Å²) < 4.78 is 0. The molecule has 0 saturated carbocycles. The van der Waals surface area contributed by atoms with Crippen LogP contribution in [0.2, 0.25) is 0 Å². The van der Waals surface area contributed by atoms with E-state index in [-0.39, 0.29) is 11.8 Å². The molecule has 0 spiro atoms. The van der Waals surface area contributed by atoms with E-state index in [1.807, 2.05) is 24.3 Å². The molecule has 1 aliphatic heterocycles. The summed E-state index contributed by atoms with van der Waals surface area (Å²) >= 11 is 3.33. The molecule has 1 heterocycles. The molecule has 0 unspecified atom stereocenters. The van der Waals surface area contributed by atoms with Crippen LogP contribution in [-0.2, 0) is 9.59 Å². The van der Waals surface area contributed by atoms with Gasteiger partial charge >= 0.3 is 0 Å². The maximum absolute atomic E-state index is 12.2. The van der Waals surface area contributed by atoms with Gasteiger partial charge < -0.3 is 10.2 Å². The number of halogens is 1. The number of benzene rings is 1. The van der Waals surface area contributed by atoms with E-state index in [0.29, 0.717) is 11.9 Å². The number of para-hydroxylation sites is 1. The largest absolute Gasteiger partial charge is 0.341 e. The van der Waals surface area contributed by atoms with Crippen LogP contribution >= 0.6 is 15.9 Å². The van der Waals surface area contributed by atoms with Crippen molar-refractivity contribution < 1.29 is 9.59 Å². The van der Waals surface area contributed by atoms with Gasteiger partial charge in [0.15, 0.2) is 0 Å². The molecule has 17 heavy (non-hydrogen) atoms. The minimum absolute atomic E-state index is 0.0687. The molecule has 0 bridgehead atoms. The van der Waals surface area contributed by atoms with Crippen LogP contribution < -0.4 is 10.2 Å². The van der Waals surface area contributed by atoms with Crippen LogP contribution in [0.15, 0.2) is 24.3 Å². The highest BCUT2D eigenvalue weighted by Gasteiger charge is 2.36. The van der Waals surface area contributed by atoms with E-state index in [9.17, 15) is 9.59 Å². The smallest absolute Gasteiger partial charge is 0.254 e. The van der Waals surface area contributed by atoms with Crippen LogP contribution in [0.4, 0.5) is 5.69 Å². The van der Waals surface area contributed by atoms with Gasteiger partial charge in [0.05, 0.1) is 0 Å². The number of carbonyl (C=O) groups is 2. The van der Waals surface area contributed by atoms with Crippen LogP contribution in [0.3, 0.4) is 0 Å². The molecule has 0 fully saturated rings. The first-order valence-electron chi connectivity index (χ1n) is 5.38. The van der Waals surface area contributed by atoms with Gasteiger partial charge in [-0.05, 0) is 6.07 Å². The third-order valence-corrected chi connectivity index (χ3v) is 3.06. The van der Waals surface area contributed by atoms with E-state index in [4.69, 9.17) is 0 Å². The first-order chi connectivity index (χ1) is 8.15. The average molecular weight is 297 g/mol. The van der Waals surface area contributed by atoms with E-state index in [0.717, 1.165) is 11.3 Å². The number of hydrogen-bond donors (Lipinski definition) is 1. The van der Waals surface area contributed by atoms with Gasteiger partial charge in [-0.1, -0.05) is 34.1 Å². The number of nitrogens with zero attached hydrogens (tertiary/aromatic N) is 1. The van der Waals surface area contributed by atoms with Crippen molar-refractivity contribution in [1.29, 1.82) is 0 Å². The molecule has 1 aromatic rings. The Morgan fingerprint density at radius 3 is 2.82 bits per heavy atom. The number of alkyl halides is 1. The first kappa shape index (κ1) is 12.1. The summed E-state index contributed by atoms with van der Waals surface area (Å²) in [7, 11) is 0. The molecular weight excluding hydrogens is 284 g/mol. The lowest BCUT2D eigenvalue weighted by molar-refractivity contribution is -0.126. The van der Waals surface area contributed by atoms with E-state index >= 15 is 0 Å². The van der Waals surface area contributed by atoms with Crippen LogP contribution in [0.25, 0.3) is 0 Å². The van der Waals surface area contributed by atoms with Gasteiger partial charge in [-0.25, -0.2) is 0 Å². The Kier molecular flexibility index (Phi) is 3.47. The second kappa shape index (κ2) is 4.87. The molecule has 0 aromatic heterocycles. The van der Waals surface area contributed by atoms with Crippen molar-refractivity contribution in [3.05, 3.63) is 29.8 Å². The van der Waals surface area contributed by atoms with Gasteiger partial charge in [-0.2, -0.15) is 0 Å². The molecule has 0 saturated heterocycles. The first-order valence-corrected chi connectivity index (χ1v) is 6.50. The summed E-state index contributed by atoms with van der Waals surface area (Å²) in [5, 5.41) is 3.40. The fourth-order valence-corrected chi connectivity index (χ4v) is 2.40. The normalized spacial score (nSPS) is 18.1. The van der Waals surface area contributed by atoms with E-state index in [1.165, 1.54) is 6.92 Å². The Balaban J connectivity index is 2.37. The molecule has 1 atom stereocenters. The molecule has 5 heteroatoms. The second-order valence-electron chi connectivity index (χ2n) is 3.87. The second-order valence-corrected chi connectivity index (χ2v) is 4.66. The molecule has 0 radical (unpaired) electrons. The van der Waals surface area contributed by atoms with Crippen molar-refractivity contribution in [3.63, 3.8) is 0 Å². The summed E-state index contributed by atoms with van der Waals surface area (Å²) in [6.45, 7) is 2.02. The standard InChI is InChI=1S/C12H13BrN2O2/c1-8(16)14-11-9-4-2-3-5-10(9)15(7-6-13)12(11)17/h2-5,11H,6-7H2,1H3,(H,14,16)/t11-/m0/s1. The predicted molar refractivity (Wildman–Crippen MR) is 69.1 cm³/mol. The van der Waals surface area contributed by atoms with Crippen molar-refractivity contribution >= 4 is 33.4 Å². The van der Waals surface area contributed by atoms with Crippen molar-refractivity contribution in [2.24, 2.45) is 0 Å². The van der Waals surface area contributed by atoms with Crippen LogP contribution in [0.1, 0.15) is 18.5 Å². The Labute approximate surface area is 108 Å². The van der Waals surface area contributed by atoms with Gasteiger partial charge in [0.1, 0.15) is 6.04 Å². The van der Waals surface area contributed by atoms with E-state index < -0.39 is 6.04 Å². The number of amides is 2. The van der Waals surface area contributed by atoms with Gasteiger partial charge in [0.25, 0.3) is 5.91 Å². The monoisotopic (exact) mass is 296 g/mol. The summed E-state index contributed by atoms with van der Waals surface area (Å²) in [6, 6.07) is 7.00. The highest BCUT2D eigenvalue weighted by molar-refractivity contribution is 9.09. The zero-order chi connectivity index (χ0) is 12.4. The number of nitrogens with one attached hydrogen (secondary N) is 1. The zero-order valence-electron chi connectivity index (χ0n) is 9.44. The van der Waals surface area contributed by atoms with Gasteiger partial charge in [-0.15, -0.1) is 0 Å². The van der Waals surface area contributed by atoms with E-state index in [2.05, 4.69) is 21.2 Å². The number of rotatable bonds is 3. The molecule has 90 valence electrons. The molecule has 2 rings (SSSR count). The number of hydrogen-bond acceptors (Lipinski definition) is 2. The minimum Gasteiger partial charge on any atom is -0.341 e. The Morgan fingerprint density at radius 2 is 2.18 bits per heavy atom. The summed E-state index contributed by atoms with van der Waals surface area (Å²) in [5.41, 5.74) is 1.75. The van der Waals surface area contributed by atoms with Crippen molar-refractivity contribution in [2.75, 3.05) is 16.8 Å². The zero-order valence-corrected chi connectivity index (χ0v) is 11.0. The molecular formula is C12H13BrN2O2. The maximum atomic E-state index is 12.2. The molecule has 4 nitrogen and oxygen atoms in total. The van der Waals surface area contributed by atoms with Crippen molar-refractivity contribution in [1.82, 2.24) is 5.32 Å². The SMILES string of the molecule is CC(=O)N[C@@H]1C(=O)N(CCBr)c2ccccc21. The third-order valence-electron chi connectivity index (χ3n) is 2.71. The average Bonchev–Trinajstić information content (AvgIpc) is 2.55. The Morgan fingerprint density at radius 1 is 1.47 bits per heavy atom. The third kappa shape index (κ3) is 2.20. The lowest BCUT2D eigenvalue weighted by atomic mass is 10.1. The Hall–Kier alpha value is -1.36. The topological polar surface area (TPSA) is 49.4 Å². The maximum Gasteiger partial charge on any atom is 0.254 e. The molecule has 1 aliphatic rings. The van der Waals surface area contributed by atoms with Gasteiger partial charge in [0.2, 0.25) is 5.91 Å². The molecule has 2 amide bonds. The van der Waals surface area contributed by atoms with Crippen molar-refractivity contribution in [3.8, 4) is 0 Å². The van der Waals surface area contributed by atoms with Gasteiger partial charge in [0, 0.05) is 30.0 Å². The molecule has 1 N–H and O–H groups in total. The predicted octanol–water partition coefficient (Wildman–Crippen LogP) is 1.61. The number of fused-ring (bicyclic) bond motifs is 1. The quantitative estimate of drug-likeness (QED) is 0.862. The van der Waals surface area contributed by atoms with Crippen LogP contribution in [0, 0.1) is 0 Å². The fourth-order valence-electron chi connectivity index (χ4n) is 2.04. The fraction of sp³-hybridized carbons (Fsp3) is 0.333. The minimum atomic E-state index is -0.539. The summed E-state index contributed by atoms with van der Waals surface area (Å²) in [4.78, 5) is 25.0. The molecule has 0 aliphatic carbocycles.